The molecule has 1 N–H and O–H groups in total. The van der Waals surface area contributed by atoms with Gasteiger partial charge in [0.05, 0.1) is 16.4 Å². The number of anilines is 1. The summed E-state index contributed by atoms with van der Waals surface area (Å²) in [4.78, 5) is 17.0. The summed E-state index contributed by atoms with van der Waals surface area (Å²) in [6, 6.07) is 12.9. The van der Waals surface area contributed by atoms with Gasteiger partial charge in [-0.15, -0.1) is 21.5 Å². The molecule has 4 aromatic rings. The normalized spacial score (nSPS) is 10.8. The molecule has 0 fully saturated rings. The lowest BCUT2D eigenvalue weighted by atomic mass is 10.1. The first-order valence-electron chi connectivity index (χ1n) is 8.71. The number of hydrogen-bond acceptors (Lipinski definition) is 6. The number of amides is 1. The lowest BCUT2D eigenvalue weighted by Gasteiger charge is -2.07. The van der Waals surface area contributed by atoms with Crippen molar-refractivity contribution in [1.29, 1.82) is 0 Å². The maximum absolute atomic E-state index is 12.5. The summed E-state index contributed by atoms with van der Waals surface area (Å²) in [7, 11) is 0. The van der Waals surface area contributed by atoms with Crippen LogP contribution in [0.5, 0.6) is 0 Å². The van der Waals surface area contributed by atoms with E-state index in [4.69, 9.17) is 0 Å². The van der Waals surface area contributed by atoms with Gasteiger partial charge in [0.15, 0.2) is 11.5 Å². The summed E-state index contributed by atoms with van der Waals surface area (Å²) in [6.07, 6.45) is 0. The molecule has 7 nitrogen and oxygen atoms in total. The molecule has 0 saturated carbocycles. The largest absolute Gasteiger partial charge is 0.321 e. The number of thiazole rings is 1. The zero-order valence-electron chi connectivity index (χ0n) is 15.7. The maximum Gasteiger partial charge on any atom is 0.276 e. The highest BCUT2D eigenvalue weighted by atomic mass is 32.1. The molecule has 0 unspecified atom stereocenters. The van der Waals surface area contributed by atoms with Crippen LogP contribution < -0.4 is 5.32 Å². The standard InChI is InChI=1S/C20H18N6OS/c1-12-9-13(2)26(25-12)19-8-7-17(23-24-19)20(27)22-16-6-4-5-15(10-16)18-11-28-14(3)21-18/h4-11H,1-3H3,(H,22,27). The smallest absolute Gasteiger partial charge is 0.276 e. The average molecular weight is 390 g/mol. The number of aromatic nitrogens is 5. The molecule has 3 aromatic heterocycles. The molecule has 3 heterocycles. The first kappa shape index (κ1) is 18.0. The first-order chi connectivity index (χ1) is 13.5. The second kappa shape index (κ2) is 7.32. The highest BCUT2D eigenvalue weighted by molar-refractivity contribution is 7.09. The van der Waals surface area contributed by atoms with Crippen molar-refractivity contribution in [1.82, 2.24) is 25.0 Å². The Morgan fingerprint density at radius 1 is 1.07 bits per heavy atom. The number of nitrogens with zero attached hydrogens (tertiary/aromatic N) is 5. The molecule has 1 amide bonds. The Morgan fingerprint density at radius 3 is 2.57 bits per heavy atom. The van der Waals surface area contributed by atoms with Crippen molar-refractivity contribution in [2.75, 3.05) is 5.32 Å². The summed E-state index contributed by atoms with van der Waals surface area (Å²) in [6.45, 7) is 5.83. The molecule has 140 valence electrons. The summed E-state index contributed by atoms with van der Waals surface area (Å²) >= 11 is 1.59. The number of aryl methyl sites for hydroxylation is 3. The van der Waals surface area contributed by atoms with E-state index in [1.165, 1.54) is 0 Å². The number of nitrogens with one attached hydrogen (secondary N) is 1. The number of carbonyl (C=O) groups is 1. The van der Waals surface area contributed by atoms with Gasteiger partial charge in [-0.2, -0.15) is 5.10 Å². The molecule has 0 aliphatic heterocycles. The van der Waals surface area contributed by atoms with Crippen LogP contribution in [0.15, 0.2) is 47.8 Å². The number of benzene rings is 1. The Labute approximate surface area is 166 Å². The van der Waals surface area contributed by atoms with Crippen molar-refractivity contribution in [3.05, 3.63) is 69.9 Å². The molecule has 28 heavy (non-hydrogen) atoms. The van der Waals surface area contributed by atoms with Crippen LogP contribution in [-0.4, -0.2) is 30.9 Å². The molecule has 8 heteroatoms. The van der Waals surface area contributed by atoms with Crippen molar-refractivity contribution < 1.29 is 4.79 Å². The molecule has 0 saturated heterocycles. The Balaban J connectivity index is 1.52. The molecule has 0 atom stereocenters. The van der Waals surface area contributed by atoms with Gasteiger partial charge >= 0.3 is 0 Å². The van der Waals surface area contributed by atoms with Crippen LogP contribution in [0.4, 0.5) is 5.69 Å². The van der Waals surface area contributed by atoms with E-state index in [-0.39, 0.29) is 11.6 Å². The van der Waals surface area contributed by atoms with Crippen molar-refractivity contribution in [3.63, 3.8) is 0 Å². The van der Waals surface area contributed by atoms with E-state index in [1.54, 1.807) is 28.2 Å². The van der Waals surface area contributed by atoms with E-state index in [1.807, 2.05) is 56.5 Å². The van der Waals surface area contributed by atoms with Crippen LogP contribution in [0.25, 0.3) is 17.1 Å². The first-order valence-corrected chi connectivity index (χ1v) is 9.59. The molecule has 0 bridgehead atoms. The minimum absolute atomic E-state index is 0.236. The quantitative estimate of drug-likeness (QED) is 0.570. The van der Waals surface area contributed by atoms with Crippen molar-refractivity contribution in [2.45, 2.75) is 20.8 Å². The molecular weight excluding hydrogens is 372 g/mol. The highest BCUT2D eigenvalue weighted by Gasteiger charge is 2.12. The summed E-state index contributed by atoms with van der Waals surface area (Å²) in [5.74, 6) is 0.252. The van der Waals surface area contributed by atoms with E-state index in [0.29, 0.717) is 11.5 Å². The van der Waals surface area contributed by atoms with Crippen LogP contribution in [-0.2, 0) is 0 Å². The molecule has 0 aliphatic carbocycles. The van der Waals surface area contributed by atoms with E-state index >= 15 is 0 Å². The molecular formula is C20H18N6OS. The number of hydrogen-bond donors (Lipinski definition) is 1. The highest BCUT2D eigenvalue weighted by Crippen LogP contribution is 2.24. The van der Waals surface area contributed by atoms with Gasteiger partial charge in [0.1, 0.15) is 0 Å². The van der Waals surface area contributed by atoms with Gasteiger partial charge in [-0.3, -0.25) is 4.79 Å². The van der Waals surface area contributed by atoms with E-state index in [2.05, 4.69) is 25.6 Å². The average Bonchev–Trinajstić information content (AvgIpc) is 3.27. The summed E-state index contributed by atoms with van der Waals surface area (Å²) < 4.78 is 1.70. The van der Waals surface area contributed by atoms with E-state index in [9.17, 15) is 4.79 Å². The van der Waals surface area contributed by atoms with Crippen molar-refractivity contribution in [3.8, 4) is 17.1 Å². The van der Waals surface area contributed by atoms with Gasteiger partial charge in [-0.25, -0.2) is 9.67 Å². The monoisotopic (exact) mass is 390 g/mol. The van der Waals surface area contributed by atoms with E-state index < -0.39 is 0 Å². The summed E-state index contributed by atoms with van der Waals surface area (Å²) in [5, 5.41) is 18.4. The molecule has 0 spiro atoms. The van der Waals surface area contributed by atoms with Gasteiger partial charge in [0, 0.05) is 22.3 Å². The van der Waals surface area contributed by atoms with Gasteiger partial charge < -0.3 is 5.32 Å². The SMILES string of the molecule is Cc1cc(C)n(-c2ccc(C(=O)Nc3cccc(-c4csc(C)n4)c3)nn2)n1. The van der Waals surface area contributed by atoms with Gasteiger partial charge in [-0.05, 0) is 51.1 Å². The fraction of sp³-hybridized carbons (Fsp3) is 0.150. The number of carbonyl (C=O) groups excluding carboxylic acids is 1. The number of rotatable bonds is 4. The second-order valence-corrected chi connectivity index (χ2v) is 7.46. The Kier molecular flexibility index (Phi) is 4.70. The van der Waals surface area contributed by atoms with Crippen LogP contribution in [0.1, 0.15) is 26.9 Å². The van der Waals surface area contributed by atoms with Gasteiger partial charge in [-0.1, -0.05) is 12.1 Å². The Hall–Kier alpha value is -3.39. The van der Waals surface area contributed by atoms with Gasteiger partial charge in [0.2, 0.25) is 0 Å². The Bertz CT molecular complexity index is 1150. The minimum atomic E-state index is -0.320. The lowest BCUT2D eigenvalue weighted by molar-refractivity contribution is 0.102. The van der Waals surface area contributed by atoms with E-state index in [0.717, 1.165) is 27.7 Å². The molecule has 4 rings (SSSR count). The molecule has 0 aliphatic rings. The summed E-state index contributed by atoms with van der Waals surface area (Å²) in [5.41, 5.74) is 4.62. The zero-order valence-corrected chi connectivity index (χ0v) is 16.5. The third kappa shape index (κ3) is 3.67. The van der Waals surface area contributed by atoms with Crippen LogP contribution in [0.3, 0.4) is 0 Å². The third-order valence-electron chi connectivity index (χ3n) is 4.14. The van der Waals surface area contributed by atoms with Crippen LogP contribution in [0.2, 0.25) is 0 Å². The maximum atomic E-state index is 12.5. The molecule has 0 radical (unpaired) electrons. The minimum Gasteiger partial charge on any atom is -0.321 e. The predicted molar refractivity (Wildman–Crippen MR) is 109 cm³/mol. The third-order valence-corrected chi connectivity index (χ3v) is 4.92. The zero-order chi connectivity index (χ0) is 19.7. The topological polar surface area (TPSA) is 85.6 Å². The lowest BCUT2D eigenvalue weighted by Crippen LogP contribution is -2.15. The second-order valence-electron chi connectivity index (χ2n) is 6.40. The fourth-order valence-corrected chi connectivity index (χ4v) is 3.49. The van der Waals surface area contributed by atoms with Crippen molar-refractivity contribution in [2.24, 2.45) is 0 Å². The molecule has 1 aromatic carbocycles. The fourth-order valence-electron chi connectivity index (χ4n) is 2.87. The van der Waals surface area contributed by atoms with Crippen LogP contribution >= 0.6 is 11.3 Å². The predicted octanol–water partition coefficient (Wildman–Crippen LogP) is 3.96. The van der Waals surface area contributed by atoms with Crippen molar-refractivity contribution >= 4 is 22.9 Å². The Morgan fingerprint density at radius 2 is 1.93 bits per heavy atom. The van der Waals surface area contributed by atoms with Crippen LogP contribution in [0, 0.1) is 20.8 Å². The van der Waals surface area contributed by atoms with Gasteiger partial charge in [0.25, 0.3) is 5.91 Å².